The highest BCUT2D eigenvalue weighted by Crippen LogP contribution is 2.35. The van der Waals surface area contributed by atoms with Gasteiger partial charge in [0.2, 0.25) is 0 Å². The highest BCUT2D eigenvalue weighted by atomic mass is 32.1. The minimum absolute atomic E-state index is 0.0629. The average molecular weight is 495 g/mol. The number of hydrogen-bond acceptors (Lipinski definition) is 8. The van der Waals surface area contributed by atoms with Gasteiger partial charge in [0.15, 0.2) is 0 Å². The number of aromatic hydroxyl groups is 1. The Morgan fingerprint density at radius 2 is 1.89 bits per heavy atom. The highest BCUT2D eigenvalue weighted by Gasteiger charge is 2.25. The summed E-state index contributed by atoms with van der Waals surface area (Å²) in [6, 6.07) is 12.2. The summed E-state index contributed by atoms with van der Waals surface area (Å²) < 4.78 is 5.40. The zero-order valence-electron chi connectivity index (χ0n) is 19.9. The molecule has 3 aromatic rings. The second-order valence-electron chi connectivity index (χ2n) is 8.78. The summed E-state index contributed by atoms with van der Waals surface area (Å²) in [6.07, 6.45) is -0.0841. The molecule has 0 saturated carbocycles. The third-order valence-electron chi connectivity index (χ3n) is 4.98. The zero-order valence-corrected chi connectivity index (χ0v) is 20.7. The van der Waals surface area contributed by atoms with Crippen LogP contribution in [0.5, 0.6) is 5.75 Å². The van der Waals surface area contributed by atoms with Crippen LogP contribution < -0.4 is 0 Å². The number of rotatable bonds is 7. The van der Waals surface area contributed by atoms with E-state index in [1.807, 2.05) is 31.2 Å². The molecule has 0 saturated heterocycles. The predicted octanol–water partition coefficient (Wildman–Crippen LogP) is 4.83. The molecule has 0 aliphatic carbocycles. The lowest BCUT2D eigenvalue weighted by Gasteiger charge is -2.27. The molecular formula is C25H26N4O5S. The second-order valence-corrected chi connectivity index (χ2v) is 9.76. The molecule has 0 bridgehead atoms. The molecule has 0 unspecified atom stereocenters. The summed E-state index contributed by atoms with van der Waals surface area (Å²) in [4.78, 5) is 25.2. The number of ether oxygens (including phenoxy) is 1. The predicted molar refractivity (Wildman–Crippen MR) is 131 cm³/mol. The molecule has 2 aromatic carbocycles. The van der Waals surface area contributed by atoms with Gasteiger partial charge in [-0.05, 0) is 56.5 Å². The maximum atomic E-state index is 12.7. The van der Waals surface area contributed by atoms with Gasteiger partial charge in [0.1, 0.15) is 34.0 Å². The molecule has 2 N–H and O–H groups in total. The van der Waals surface area contributed by atoms with Crippen molar-refractivity contribution in [2.24, 2.45) is 0 Å². The van der Waals surface area contributed by atoms with Crippen LogP contribution in [0, 0.1) is 11.3 Å². The Labute approximate surface area is 207 Å². The Kier molecular flexibility index (Phi) is 7.71. The van der Waals surface area contributed by atoms with E-state index in [1.54, 1.807) is 32.9 Å². The van der Waals surface area contributed by atoms with Gasteiger partial charge in [-0.25, -0.2) is 4.79 Å². The Bertz CT molecular complexity index is 1290. The van der Waals surface area contributed by atoms with Crippen LogP contribution in [0.3, 0.4) is 0 Å². The Balaban J connectivity index is 1.96. The minimum Gasteiger partial charge on any atom is -0.507 e. The molecule has 1 amide bonds. The quantitative estimate of drug-likeness (QED) is 0.476. The lowest BCUT2D eigenvalue weighted by molar-refractivity contribution is -0.138. The van der Waals surface area contributed by atoms with Crippen molar-refractivity contribution >= 4 is 23.4 Å². The molecule has 35 heavy (non-hydrogen) atoms. The van der Waals surface area contributed by atoms with E-state index in [0.29, 0.717) is 22.0 Å². The summed E-state index contributed by atoms with van der Waals surface area (Å²) >= 11 is 1.33. The van der Waals surface area contributed by atoms with Crippen molar-refractivity contribution in [1.29, 1.82) is 5.26 Å². The number of hydrogen-bond donors (Lipinski definition) is 2. The van der Waals surface area contributed by atoms with E-state index in [4.69, 9.17) is 4.74 Å². The lowest BCUT2D eigenvalue weighted by atomic mass is 9.98. The zero-order chi connectivity index (χ0) is 25.8. The number of phenolic OH excluding ortho intramolecular Hbond substituents is 1. The molecule has 1 heterocycles. The summed E-state index contributed by atoms with van der Waals surface area (Å²) in [5.74, 6) is -1.23. The largest absolute Gasteiger partial charge is 0.507 e. The number of aromatic nitrogens is 2. The molecular weight excluding hydrogens is 468 g/mol. The number of benzene rings is 2. The first-order valence-electron chi connectivity index (χ1n) is 10.9. The molecule has 0 radical (unpaired) electrons. The highest BCUT2D eigenvalue weighted by molar-refractivity contribution is 7.17. The van der Waals surface area contributed by atoms with E-state index in [-0.39, 0.29) is 17.9 Å². The van der Waals surface area contributed by atoms with Crippen molar-refractivity contribution < 1.29 is 24.5 Å². The van der Waals surface area contributed by atoms with Gasteiger partial charge in [-0.2, -0.15) is 5.26 Å². The van der Waals surface area contributed by atoms with Gasteiger partial charge in [-0.1, -0.05) is 36.5 Å². The number of aliphatic carboxylic acids is 1. The van der Waals surface area contributed by atoms with E-state index in [0.717, 1.165) is 21.6 Å². The number of carbonyl (C=O) groups is 2. The number of nitrogens with zero attached hydrogens (tertiary/aromatic N) is 4. The number of nitriles is 1. The number of carbonyl (C=O) groups excluding carboxylic acids is 1. The van der Waals surface area contributed by atoms with Gasteiger partial charge in [-0.3, -0.25) is 9.69 Å². The second kappa shape index (κ2) is 10.5. The van der Waals surface area contributed by atoms with Crippen molar-refractivity contribution in [3.05, 3.63) is 53.1 Å². The van der Waals surface area contributed by atoms with Crippen LogP contribution in [0.1, 0.15) is 44.4 Å². The molecule has 9 nitrogen and oxygen atoms in total. The number of carboxylic acids is 1. The fraction of sp³-hybridized carbons (Fsp3) is 0.320. The fourth-order valence-electron chi connectivity index (χ4n) is 3.49. The van der Waals surface area contributed by atoms with E-state index in [9.17, 15) is 25.1 Å². The van der Waals surface area contributed by atoms with Gasteiger partial charge in [-0.15, -0.1) is 10.2 Å². The molecule has 182 valence electrons. The van der Waals surface area contributed by atoms with Gasteiger partial charge in [0, 0.05) is 17.7 Å². The van der Waals surface area contributed by atoms with Crippen molar-refractivity contribution in [1.82, 2.24) is 15.1 Å². The Morgan fingerprint density at radius 3 is 2.51 bits per heavy atom. The number of carboxylic acid groups (broad SMARTS) is 1. The Hall–Kier alpha value is -3.97. The normalized spacial score (nSPS) is 11.1. The minimum atomic E-state index is -1.13. The summed E-state index contributed by atoms with van der Waals surface area (Å²) in [5, 5.41) is 38.1. The number of phenols is 1. The first-order valence-corrected chi connectivity index (χ1v) is 11.7. The third kappa shape index (κ3) is 6.33. The maximum Gasteiger partial charge on any atom is 0.411 e. The standard InChI is InChI=1S/C25H26N4O5S/c1-5-18-16(13-29(14-21(31)32)24(33)34-25(2,3)4)7-6-8-19(18)23-28-27-22(35-23)15-9-10-20(30)17(11-15)12-26/h6-11,30H,5,13-14H2,1-4H3,(H,31,32). The summed E-state index contributed by atoms with van der Waals surface area (Å²) in [6.45, 7) is 6.72. The van der Waals surface area contributed by atoms with E-state index >= 15 is 0 Å². The van der Waals surface area contributed by atoms with Crippen LogP contribution in [-0.4, -0.2) is 49.5 Å². The molecule has 3 rings (SSSR count). The maximum absolute atomic E-state index is 12.7. The SMILES string of the molecule is CCc1c(CN(CC(=O)O)C(=O)OC(C)(C)C)cccc1-c1nnc(-c2ccc(O)c(C#N)c2)s1. The van der Waals surface area contributed by atoms with Gasteiger partial charge in [0.25, 0.3) is 0 Å². The van der Waals surface area contributed by atoms with Gasteiger partial charge >= 0.3 is 12.1 Å². The third-order valence-corrected chi connectivity index (χ3v) is 5.99. The average Bonchev–Trinajstić information content (AvgIpc) is 3.27. The van der Waals surface area contributed by atoms with Gasteiger partial charge in [0.05, 0.1) is 5.56 Å². The van der Waals surface area contributed by atoms with Crippen LogP contribution in [-0.2, 0) is 22.5 Å². The van der Waals surface area contributed by atoms with Crippen LogP contribution in [0.4, 0.5) is 4.79 Å². The smallest absolute Gasteiger partial charge is 0.411 e. The van der Waals surface area contributed by atoms with Crippen molar-refractivity contribution in [3.63, 3.8) is 0 Å². The molecule has 0 aliphatic rings. The molecule has 10 heteroatoms. The van der Waals surface area contributed by atoms with Crippen molar-refractivity contribution in [2.75, 3.05) is 6.54 Å². The molecule has 0 aliphatic heterocycles. The first-order chi connectivity index (χ1) is 16.5. The first kappa shape index (κ1) is 25.6. The van der Waals surface area contributed by atoms with E-state index in [2.05, 4.69) is 10.2 Å². The van der Waals surface area contributed by atoms with Crippen LogP contribution in [0.15, 0.2) is 36.4 Å². The summed E-state index contributed by atoms with van der Waals surface area (Å²) in [5.41, 5.74) is 2.58. The van der Waals surface area contributed by atoms with Crippen molar-refractivity contribution in [3.8, 4) is 33.0 Å². The van der Waals surface area contributed by atoms with Gasteiger partial charge < -0.3 is 14.9 Å². The van der Waals surface area contributed by atoms with E-state index < -0.39 is 24.2 Å². The molecule has 0 spiro atoms. The van der Waals surface area contributed by atoms with Crippen LogP contribution in [0.25, 0.3) is 21.1 Å². The summed E-state index contributed by atoms with van der Waals surface area (Å²) in [7, 11) is 0. The molecule has 0 fully saturated rings. The van der Waals surface area contributed by atoms with Crippen LogP contribution in [0.2, 0.25) is 0 Å². The number of amides is 1. The van der Waals surface area contributed by atoms with Crippen LogP contribution >= 0.6 is 11.3 Å². The topological polar surface area (TPSA) is 137 Å². The lowest BCUT2D eigenvalue weighted by Crippen LogP contribution is -2.39. The van der Waals surface area contributed by atoms with E-state index in [1.165, 1.54) is 17.4 Å². The van der Waals surface area contributed by atoms with Crippen molar-refractivity contribution in [2.45, 2.75) is 46.3 Å². The molecule has 1 aromatic heterocycles. The molecule has 0 atom stereocenters. The fourth-order valence-corrected chi connectivity index (χ4v) is 4.38. The monoisotopic (exact) mass is 494 g/mol. The Morgan fingerprint density at radius 1 is 1.17 bits per heavy atom.